The zero-order chi connectivity index (χ0) is 35.6. The quantitative estimate of drug-likeness (QED) is 0.167. The average molecular weight is 619 g/mol. The van der Waals surface area contributed by atoms with E-state index in [4.69, 9.17) is 2.74 Å². The summed E-state index contributed by atoms with van der Waals surface area (Å²) in [5.41, 5.74) is 7.80. The molecule has 48 heavy (non-hydrogen) atoms. The molecule has 0 radical (unpaired) electrons. The Morgan fingerprint density at radius 3 is 1.17 bits per heavy atom. The minimum atomic E-state index is -0.103. The third-order valence-electron chi connectivity index (χ3n) is 8.50. The second-order valence-electron chi connectivity index (χ2n) is 11.6. The predicted octanol–water partition coefficient (Wildman–Crippen LogP) is 13.1. The van der Waals surface area contributed by atoms with E-state index in [-0.39, 0.29) is 35.4 Å². The Bertz CT molecular complexity index is 2420. The minimum Gasteiger partial charge on any atom is -0.311 e. The van der Waals surface area contributed by atoms with Crippen LogP contribution >= 0.6 is 0 Å². The van der Waals surface area contributed by atoms with Crippen molar-refractivity contribution in [3.8, 4) is 22.3 Å². The molecule has 0 N–H and O–H groups in total. The molecule has 0 aromatic heterocycles. The smallest absolute Gasteiger partial charge is 0.0645 e. The van der Waals surface area contributed by atoms with Crippen molar-refractivity contribution in [3.05, 3.63) is 206 Å². The van der Waals surface area contributed by atoms with Crippen LogP contribution < -0.4 is 9.80 Å². The Kier molecular flexibility index (Phi) is 6.80. The zero-order valence-corrected chi connectivity index (χ0v) is 26.2. The van der Waals surface area contributed by atoms with Crippen LogP contribution in [0.2, 0.25) is 0 Å². The van der Waals surface area contributed by atoms with Crippen molar-refractivity contribution in [3.63, 3.8) is 0 Å². The van der Waals surface area contributed by atoms with E-state index in [1.807, 2.05) is 138 Å². The summed E-state index contributed by atoms with van der Waals surface area (Å²) in [5, 5.41) is 2.10. The lowest BCUT2D eigenvalue weighted by Gasteiger charge is -2.26. The summed E-state index contributed by atoms with van der Waals surface area (Å²) in [6.45, 7) is 0. The first kappa shape index (κ1) is 24.8. The van der Waals surface area contributed by atoms with Gasteiger partial charge in [0.15, 0.2) is 0 Å². The van der Waals surface area contributed by atoms with E-state index in [1.54, 1.807) is 0 Å². The molecule has 8 rings (SSSR count). The molecular weight excluding hydrogens is 581 g/mol. The lowest BCUT2D eigenvalue weighted by Crippen LogP contribution is -2.09. The lowest BCUT2D eigenvalue weighted by atomic mass is 9.99. The van der Waals surface area contributed by atoms with E-state index in [0.29, 0.717) is 5.56 Å². The molecule has 0 heterocycles. The molecular formula is C46H34N2. The third kappa shape index (κ3) is 5.95. The highest BCUT2D eigenvalue weighted by atomic mass is 15.1. The van der Waals surface area contributed by atoms with Gasteiger partial charge in [0.25, 0.3) is 0 Å². The maximum absolute atomic E-state index is 9.23. The maximum Gasteiger partial charge on any atom is 0.0645 e. The first-order valence-electron chi connectivity index (χ1n) is 18.0. The minimum absolute atomic E-state index is 0.0864. The first-order chi connectivity index (χ1) is 25.5. The number of anilines is 6. The van der Waals surface area contributed by atoms with Gasteiger partial charge >= 0.3 is 0 Å². The summed E-state index contributed by atoms with van der Waals surface area (Å²) in [6, 6.07) is 59.9. The fourth-order valence-corrected chi connectivity index (χ4v) is 6.10. The normalized spacial score (nSPS) is 12.1. The van der Waals surface area contributed by atoms with Crippen LogP contribution in [-0.2, 0) is 0 Å². The molecule has 0 atom stereocenters. The molecule has 2 nitrogen and oxygen atoms in total. The summed E-state index contributed by atoms with van der Waals surface area (Å²) in [5.74, 6) is 0. The van der Waals surface area contributed by atoms with Crippen molar-refractivity contribution in [2.75, 3.05) is 9.80 Å². The van der Waals surface area contributed by atoms with Gasteiger partial charge in [0, 0.05) is 34.1 Å². The zero-order valence-electron chi connectivity index (χ0n) is 30.2. The summed E-state index contributed by atoms with van der Waals surface area (Å²) in [4.78, 5) is 4.04. The number of benzene rings is 8. The predicted molar refractivity (Wildman–Crippen MR) is 204 cm³/mol. The van der Waals surface area contributed by atoms with Gasteiger partial charge in [-0.2, -0.15) is 0 Å². The number of nitrogens with zero attached hydrogens (tertiary/aromatic N) is 2. The number of fused-ring (bicyclic) bond motifs is 1. The molecule has 0 fully saturated rings. The van der Waals surface area contributed by atoms with Crippen molar-refractivity contribution in [1.29, 1.82) is 0 Å². The van der Waals surface area contributed by atoms with Gasteiger partial charge in [-0.25, -0.2) is 0 Å². The van der Waals surface area contributed by atoms with E-state index in [9.17, 15) is 2.74 Å². The van der Waals surface area contributed by atoms with Crippen LogP contribution in [0, 0.1) is 0 Å². The van der Waals surface area contributed by atoms with E-state index >= 15 is 0 Å². The Morgan fingerprint density at radius 1 is 0.271 bits per heavy atom. The number of para-hydroxylation sites is 3. The molecule has 228 valence electrons. The van der Waals surface area contributed by atoms with Crippen LogP contribution in [0.4, 0.5) is 34.1 Å². The van der Waals surface area contributed by atoms with Crippen LogP contribution in [-0.4, -0.2) is 0 Å². The van der Waals surface area contributed by atoms with Gasteiger partial charge in [-0.15, -0.1) is 0 Å². The lowest BCUT2D eigenvalue weighted by molar-refractivity contribution is 1.28. The highest BCUT2D eigenvalue weighted by molar-refractivity contribution is 5.89. The fourth-order valence-electron chi connectivity index (χ4n) is 6.10. The highest BCUT2D eigenvalue weighted by Gasteiger charge is 2.14. The molecule has 0 aliphatic carbocycles. The van der Waals surface area contributed by atoms with Crippen LogP contribution in [0.1, 0.15) is 5.48 Å². The second kappa shape index (κ2) is 13.2. The third-order valence-corrected chi connectivity index (χ3v) is 8.50. The van der Waals surface area contributed by atoms with Crippen molar-refractivity contribution in [2.24, 2.45) is 0 Å². The molecule has 0 saturated heterocycles. The molecule has 8 aromatic rings. The second-order valence-corrected chi connectivity index (χ2v) is 11.6. The van der Waals surface area contributed by atoms with E-state index in [2.05, 4.69) is 53.4 Å². The maximum atomic E-state index is 9.23. The first-order valence-corrected chi connectivity index (χ1v) is 16.0. The van der Waals surface area contributed by atoms with Crippen LogP contribution in [0.5, 0.6) is 0 Å². The summed E-state index contributed by atoms with van der Waals surface area (Å²) in [7, 11) is 0. The Balaban J connectivity index is 1.14. The Hall–Kier alpha value is -6.38. The number of hydrogen-bond acceptors (Lipinski definition) is 2. The van der Waals surface area contributed by atoms with Gasteiger partial charge in [0.05, 0.1) is 5.48 Å². The fraction of sp³-hybridized carbons (Fsp3) is 0. The summed E-state index contributed by atoms with van der Waals surface area (Å²) in [6.07, 6.45) is 0. The van der Waals surface area contributed by atoms with Gasteiger partial charge in [0.2, 0.25) is 0 Å². The van der Waals surface area contributed by atoms with Gasteiger partial charge < -0.3 is 9.80 Å². The summed E-state index contributed by atoms with van der Waals surface area (Å²) >= 11 is 0. The molecule has 0 aliphatic heterocycles. The van der Waals surface area contributed by atoms with Crippen molar-refractivity contribution in [2.45, 2.75) is 0 Å². The van der Waals surface area contributed by atoms with E-state index in [0.717, 1.165) is 50.3 Å². The molecule has 0 aliphatic rings. The Labute approximate surface area is 288 Å². The van der Waals surface area contributed by atoms with Gasteiger partial charge in [0.1, 0.15) is 0 Å². The van der Waals surface area contributed by atoms with Gasteiger partial charge in [-0.3, -0.25) is 0 Å². The molecule has 0 unspecified atom stereocenters. The van der Waals surface area contributed by atoms with E-state index in [1.165, 1.54) is 0 Å². The number of rotatable bonds is 8. The molecule has 0 saturated carbocycles. The van der Waals surface area contributed by atoms with Crippen molar-refractivity contribution >= 4 is 44.9 Å². The van der Waals surface area contributed by atoms with Crippen LogP contribution in [0.3, 0.4) is 0 Å². The highest BCUT2D eigenvalue weighted by Crippen LogP contribution is 2.38. The monoisotopic (exact) mass is 618 g/mol. The standard InChI is InChI=1S/C46H34N2/c1-4-14-41(15-5-1)47(42-16-6-2-7-17-42)44-29-24-38(25-30-44)36-20-22-37(23-21-36)39-26-31-45(32-27-39)48(43-18-8-3-9-19-43)46-33-28-35-12-10-11-13-40(35)34-46/h1-34H/i26D,27D,31D,32D. The Morgan fingerprint density at radius 2 is 0.646 bits per heavy atom. The molecule has 8 aromatic carbocycles. The molecule has 0 bridgehead atoms. The SMILES string of the molecule is [2H]c1c([2H])c(N(c2ccccc2)c2ccc3ccccc3c2)c([2H])c([2H])c1-c1ccc(-c2ccc(N(c3ccccc3)c3ccccc3)cc2)cc1. The molecule has 0 spiro atoms. The van der Waals surface area contributed by atoms with Crippen molar-refractivity contribution in [1.82, 2.24) is 0 Å². The average Bonchev–Trinajstić information content (AvgIpc) is 3.20. The largest absolute Gasteiger partial charge is 0.311 e. The van der Waals surface area contributed by atoms with Gasteiger partial charge in [-0.05, 0) is 106 Å². The van der Waals surface area contributed by atoms with E-state index < -0.39 is 0 Å². The van der Waals surface area contributed by atoms with Crippen molar-refractivity contribution < 1.29 is 5.48 Å². The topological polar surface area (TPSA) is 6.48 Å². The molecule has 2 heteroatoms. The van der Waals surface area contributed by atoms with Crippen LogP contribution in [0.25, 0.3) is 33.0 Å². The van der Waals surface area contributed by atoms with Crippen LogP contribution in [0.15, 0.2) is 206 Å². The molecule has 0 amide bonds. The summed E-state index contributed by atoms with van der Waals surface area (Å²) < 4.78 is 36.8. The van der Waals surface area contributed by atoms with Gasteiger partial charge in [-0.1, -0.05) is 133 Å². The number of hydrogen-bond donors (Lipinski definition) is 0.